The van der Waals surface area contributed by atoms with Gasteiger partial charge < -0.3 is 5.11 Å². The molecule has 0 aromatic carbocycles. The Kier molecular flexibility index (Phi) is 11.5. The van der Waals surface area contributed by atoms with E-state index in [9.17, 15) is 19.5 Å². The summed E-state index contributed by atoms with van der Waals surface area (Å²) in [5.41, 5.74) is 5.16. The van der Waals surface area contributed by atoms with Crippen LogP contribution in [0.4, 0.5) is 0 Å². The van der Waals surface area contributed by atoms with E-state index in [2.05, 4.69) is 19.1 Å². The summed E-state index contributed by atoms with van der Waals surface area (Å²) in [6.07, 6.45) is 16.1. The van der Waals surface area contributed by atoms with Gasteiger partial charge in [-0.1, -0.05) is 41.0 Å². The van der Waals surface area contributed by atoms with Crippen LogP contribution >= 0.6 is 0 Å². The Morgan fingerprint density at radius 1 is 0.806 bits per heavy atom. The van der Waals surface area contributed by atoms with Crippen LogP contribution < -0.4 is 0 Å². The van der Waals surface area contributed by atoms with Gasteiger partial charge in [0.25, 0.3) is 0 Å². The number of carboxylic acids is 1. The Hall–Kier alpha value is -2.75. The minimum Gasteiger partial charge on any atom is -0.478 e. The first-order valence-corrected chi connectivity index (χ1v) is 10.9. The third-order valence-electron chi connectivity index (χ3n) is 5.23. The first-order valence-electron chi connectivity index (χ1n) is 10.9. The van der Waals surface area contributed by atoms with Crippen LogP contribution in [0.2, 0.25) is 0 Å². The lowest BCUT2D eigenvalue weighted by atomic mass is 9.95. The number of carbonyl (C=O) groups is 3. The highest BCUT2D eigenvalue weighted by atomic mass is 16.4. The predicted octanol–water partition coefficient (Wildman–Crippen LogP) is 6.61. The molecule has 4 heteroatoms. The number of aliphatic carboxylic acids is 1. The molecule has 0 aromatic rings. The van der Waals surface area contributed by atoms with Gasteiger partial charge in [0.1, 0.15) is 0 Å². The number of ketones is 2. The van der Waals surface area contributed by atoms with Crippen LogP contribution in [0.3, 0.4) is 0 Å². The van der Waals surface area contributed by atoms with Crippen molar-refractivity contribution in [3.05, 3.63) is 69.9 Å². The van der Waals surface area contributed by atoms with Gasteiger partial charge in [0.15, 0.2) is 11.6 Å². The SMILES string of the molecule is CC(C)=CCCC(=CCCC(C)=CCCC(C)=CCC1=CC(=O)C(C)=CC1=O)C(=O)O. The van der Waals surface area contributed by atoms with Gasteiger partial charge in [-0.3, -0.25) is 9.59 Å². The molecule has 0 bridgehead atoms. The van der Waals surface area contributed by atoms with E-state index in [1.165, 1.54) is 28.9 Å². The third-order valence-corrected chi connectivity index (χ3v) is 5.23. The summed E-state index contributed by atoms with van der Waals surface area (Å²) in [6, 6.07) is 0. The molecule has 31 heavy (non-hydrogen) atoms. The third kappa shape index (κ3) is 10.7. The molecule has 0 heterocycles. The standard InChI is InChI=1S/C27H36O4/c1-19(2)9-6-13-23(27(30)31)14-8-12-20(3)10-7-11-21(4)15-16-24-18-25(28)22(5)17-26(24)29/h9-10,14-15,17-18H,6-8,11-13,16H2,1-5H3,(H,30,31). The first-order chi connectivity index (χ1) is 14.6. The molecule has 0 fully saturated rings. The van der Waals surface area contributed by atoms with E-state index in [1.807, 2.05) is 32.9 Å². The fraction of sp³-hybridized carbons (Fsp3) is 0.444. The monoisotopic (exact) mass is 424 g/mol. The topological polar surface area (TPSA) is 71.4 Å². The van der Waals surface area contributed by atoms with E-state index in [-0.39, 0.29) is 11.6 Å². The molecule has 0 radical (unpaired) electrons. The molecule has 0 unspecified atom stereocenters. The molecule has 1 N–H and O–H groups in total. The van der Waals surface area contributed by atoms with E-state index in [0.717, 1.165) is 32.1 Å². The fourth-order valence-corrected chi connectivity index (χ4v) is 3.18. The summed E-state index contributed by atoms with van der Waals surface area (Å²) < 4.78 is 0. The molecule has 168 valence electrons. The second kappa shape index (κ2) is 13.5. The van der Waals surface area contributed by atoms with Crippen LogP contribution in [-0.4, -0.2) is 22.6 Å². The molecule has 4 nitrogen and oxygen atoms in total. The molecule has 0 saturated carbocycles. The largest absolute Gasteiger partial charge is 0.478 e. The van der Waals surface area contributed by atoms with Crippen molar-refractivity contribution in [3.8, 4) is 0 Å². The summed E-state index contributed by atoms with van der Waals surface area (Å²) in [7, 11) is 0. The molecule has 1 aliphatic carbocycles. The molecule has 0 aliphatic heterocycles. The predicted molar refractivity (Wildman–Crippen MR) is 127 cm³/mol. The van der Waals surface area contributed by atoms with Gasteiger partial charge in [0.2, 0.25) is 0 Å². The molecule has 0 spiro atoms. The van der Waals surface area contributed by atoms with Gasteiger partial charge in [0.05, 0.1) is 0 Å². The Morgan fingerprint density at radius 2 is 1.39 bits per heavy atom. The maximum absolute atomic E-state index is 12.0. The zero-order valence-corrected chi connectivity index (χ0v) is 19.6. The molecule has 0 amide bonds. The Bertz CT molecular complexity index is 869. The highest BCUT2D eigenvalue weighted by Gasteiger charge is 2.16. The quantitative estimate of drug-likeness (QED) is 0.217. The van der Waals surface area contributed by atoms with Crippen LogP contribution in [0.5, 0.6) is 0 Å². The molecular weight excluding hydrogens is 388 g/mol. The highest BCUT2D eigenvalue weighted by Crippen LogP contribution is 2.18. The van der Waals surface area contributed by atoms with Crippen molar-refractivity contribution < 1.29 is 19.5 Å². The van der Waals surface area contributed by atoms with Crippen molar-refractivity contribution in [1.82, 2.24) is 0 Å². The van der Waals surface area contributed by atoms with E-state index < -0.39 is 5.97 Å². The van der Waals surface area contributed by atoms with Crippen LogP contribution in [0.15, 0.2) is 69.9 Å². The summed E-state index contributed by atoms with van der Waals surface area (Å²) in [5.74, 6) is -0.994. The lowest BCUT2D eigenvalue weighted by molar-refractivity contribution is -0.132. The lowest BCUT2D eigenvalue weighted by Gasteiger charge is -2.08. The molecule has 1 aliphatic rings. The minimum absolute atomic E-state index is 0.0773. The first kappa shape index (κ1) is 26.3. The van der Waals surface area contributed by atoms with E-state index in [1.54, 1.807) is 6.92 Å². The molecule has 1 rings (SSSR count). The summed E-state index contributed by atoms with van der Waals surface area (Å²) in [5, 5.41) is 9.34. The maximum atomic E-state index is 12.0. The molecule has 0 atom stereocenters. The van der Waals surface area contributed by atoms with Crippen molar-refractivity contribution in [2.45, 2.75) is 79.6 Å². The number of rotatable bonds is 12. The van der Waals surface area contributed by atoms with E-state index >= 15 is 0 Å². The smallest absolute Gasteiger partial charge is 0.331 e. The van der Waals surface area contributed by atoms with Crippen LogP contribution in [0.1, 0.15) is 79.6 Å². The summed E-state index contributed by atoms with van der Waals surface area (Å²) >= 11 is 0. The van der Waals surface area contributed by atoms with Crippen molar-refractivity contribution >= 4 is 17.5 Å². The van der Waals surface area contributed by atoms with Gasteiger partial charge in [-0.15, -0.1) is 0 Å². The maximum Gasteiger partial charge on any atom is 0.331 e. The summed E-state index contributed by atoms with van der Waals surface area (Å²) in [6.45, 7) is 9.80. The second-order valence-corrected chi connectivity index (χ2v) is 8.46. The van der Waals surface area contributed by atoms with Crippen molar-refractivity contribution in [2.24, 2.45) is 0 Å². The second-order valence-electron chi connectivity index (χ2n) is 8.46. The minimum atomic E-state index is -0.830. The average Bonchev–Trinajstić information content (AvgIpc) is 2.68. The zero-order valence-electron chi connectivity index (χ0n) is 19.6. The number of hydrogen-bond acceptors (Lipinski definition) is 3. The van der Waals surface area contributed by atoms with E-state index in [4.69, 9.17) is 0 Å². The van der Waals surface area contributed by atoms with Gasteiger partial charge in [-0.25, -0.2) is 4.79 Å². The Balaban J connectivity index is 2.46. The normalized spacial score (nSPS) is 15.6. The molecule has 0 saturated heterocycles. The zero-order chi connectivity index (χ0) is 23.4. The van der Waals surface area contributed by atoms with Crippen molar-refractivity contribution in [1.29, 1.82) is 0 Å². The van der Waals surface area contributed by atoms with Crippen molar-refractivity contribution in [3.63, 3.8) is 0 Å². The molecule has 0 aromatic heterocycles. The highest BCUT2D eigenvalue weighted by molar-refractivity contribution is 6.19. The van der Waals surface area contributed by atoms with Gasteiger partial charge in [-0.2, -0.15) is 0 Å². The average molecular weight is 425 g/mol. The number of hydrogen-bond donors (Lipinski definition) is 1. The number of carboxylic acid groups (broad SMARTS) is 1. The fourth-order valence-electron chi connectivity index (χ4n) is 3.18. The number of carbonyl (C=O) groups excluding carboxylic acids is 2. The van der Waals surface area contributed by atoms with Crippen molar-refractivity contribution in [2.75, 3.05) is 0 Å². The number of allylic oxidation sites excluding steroid dienone is 11. The Labute approximate surface area is 186 Å². The van der Waals surface area contributed by atoms with E-state index in [0.29, 0.717) is 29.6 Å². The van der Waals surface area contributed by atoms with Gasteiger partial charge >= 0.3 is 5.97 Å². The van der Waals surface area contributed by atoms with Crippen LogP contribution in [-0.2, 0) is 14.4 Å². The Morgan fingerprint density at radius 3 is 2.00 bits per heavy atom. The van der Waals surface area contributed by atoms with Gasteiger partial charge in [-0.05, 0) is 91.7 Å². The van der Waals surface area contributed by atoms with Crippen LogP contribution in [0, 0.1) is 0 Å². The lowest BCUT2D eigenvalue weighted by Crippen LogP contribution is -2.11. The summed E-state index contributed by atoms with van der Waals surface area (Å²) in [4.78, 5) is 35.1. The molecular formula is C27H36O4. The van der Waals surface area contributed by atoms with Crippen LogP contribution in [0.25, 0.3) is 0 Å². The van der Waals surface area contributed by atoms with Gasteiger partial charge in [0, 0.05) is 16.7 Å².